The van der Waals surface area contributed by atoms with E-state index >= 15 is 0 Å². The fourth-order valence-electron chi connectivity index (χ4n) is 2.92. The van der Waals surface area contributed by atoms with Crippen LogP contribution in [0.15, 0.2) is 35.3 Å². The summed E-state index contributed by atoms with van der Waals surface area (Å²) in [6.07, 6.45) is 4.17. The number of H-pyrrole nitrogens is 1. The lowest BCUT2D eigenvalue weighted by Gasteiger charge is -2.25. The smallest absolute Gasteiger partial charge is 0.253 e. The van der Waals surface area contributed by atoms with Crippen molar-refractivity contribution in [3.8, 4) is 5.88 Å². The first-order chi connectivity index (χ1) is 11.5. The maximum atomic E-state index is 12.5. The second kappa shape index (κ2) is 6.86. The van der Waals surface area contributed by atoms with E-state index in [-0.39, 0.29) is 23.6 Å². The zero-order valence-electron chi connectivity index (χ0n) is 13.8. The Hall–Kier alpha value is -2.63. The molecule has 0 aliphatic heterocycles. The van der Waals surface area contributed by atoms with Crippen LogP contribution in [0.25, 0.3) is 0 Å². The highest BCUT2D eigenvalue weighted by molar-refractivity contribution is 5.94. The molecule has 126 valence electrons. The van der Waals surface area contributed by atoms with Crippen LogP contribution in [0.2, 0.25) is 0 Å². The molecule has 3 rings (SSSR count). The van der Waals surface area contributed by atoms with Crippen molar-refractivity contribution >= 4 is 5.91 Å². The first-order valence-corrected chi connectivity index (χ1v) is 8.18. The number of fused-ring (bicyclic) bond motifs is 1. The van der Waals surface area contributed by atoms with Crippen LogP contribution >= 0.6 is 0 Å². The van der Waals surface area contributed by atoms with Gasteiger partial charge in [-0.25, -0.2) is 4.98 Å². The van der Waals surface area contributed by atoms with Gasteiger partial charge in [0.2, 0.25) is 11.4 Å². The van der Waals surface area contributed by atoms with E-state index in [9.17, 15) is 9.59 Å². The van der Waals surface area contributed by atoms with E-state index in [0.717, 1.165) is 30.5 Å². The highest BCUT2D eigenvalue weighted by Crippen LogP contribution is 2.27. The molecule has 0 radical (unpaired) electrons. The highest BCUT2D eigenvalue weighted by Gasteiger charge is 2.23. The highest BCUT2D eigenvalue weighted by atomic mass is 16.5. The van der Waals surface area contributed by atoms with E-state index in [1.54, 1.807) is 18.2 Å². The average molecular weight is 327 g/mol. The van der Waals surface area contributed by atoms with Gasteiger partial charge in [0.1, 0.15) is 0 Å². The molecule has 0 aromatic carbocycles. The molecule has 1 aliphatic carbocycles. The maximum Gasteiger partial charge on any atom is 0.253 e. The normalized spacial score (nSPS) is 16.5. The number of aromatic amines is 1. The summed E-state index contributed by atoms with van der Waals surface area (Å²) in [5.74, 6) is 0.324. The number of rotatable bonds is 4. The Labute approximate surface area is 140 Å². The van der Waals surface area contributed by atoms with Crippen LogP contribution in [-0.4, -0.2) is 22.0 Å². The molecule has 24 heavy (non-hydrogen) atoms. The van der Waals surface area contributed by atoms with Gasteiger partial charge in [-0.1, -0.05) is 0 Å². The molecule has 1 amide bonds. The second-order valence-electron chi connectivity index (χ2n) is 6.23. The number of pyridine rings is 2. The lowest BCUT2D eigenvalue weighted by Crippen LogP contribution is -2.32. The molecule has 0 fully saturated rings. The summed E-state index contributed by atoms with van der Waals surface area (Å²) >= 11 is 0. The van der Waals surface area contributed by atoms with E-state index in [0.29, 0.717) is 11.4 Å². The van der Waals surface area contributed by atoms with Crippen LogP contribution in [0.3, 0.4) is 0 Å². The van der Waals surface area contributed by atoms with Gasteiger partial charge in [0.15, 0.2) is 0 Å². The lowest BCUT2D eigenvalue weighted by atomic mass is 9.91. The van der Waals surface area contributed by atoms with E-state index in [1.165, 1.54) is 12.3 Å². The average Bonchev–Trinajstić information content (AvgIpc) is 2.55. The summed E-state index contributed by atoms with van der Waals surface area (Å²) < 4.78 is 5.48. The zero-order valence-corrected chi connectivity index (χ0v) is 13.8. The molecular formula is C18H21N3O3. The van der Waals surface area contributed by atoms with Crippen molar-refractivity contribution in [2.75, 3.05) is 0 Å². The standard InChI is InChI=1S/C18H21N3O3/c1-11(2)24-17-9-6-12(10-19-17)18(23)21-15-5-3-4-14-13(15)7-8-16(22)20-14/h6-11,15H,3-5H2,1-2H3,(H,20,22)(H,21,23). The van der Waals surface area contributed by atoms with E-state index < -0.39 is 0 Å². The number of amides is 1. The molecule has 2 N–H and O–H groups in total. The number of nitrogens with zero attached hydrogens (tertiary/aromatic N) is 1. The minimum absolute atomic E-state index is 0.0399. The van der Waals surface area contributed by atoms with Gasteiger partial charge in [-0.05, 0) is 50.8 Å². The van der Waals surface area contributed by atoms with Crippen molar-refractivity contribution in [1.29, 1.82) is 0 Å². The summed E-state index contributed by atoms with van der Waals surface area (Å²) in [5.41, 5.74) is 2.29. The molecule has 6 heteroatoms. The van der Waals surface area contributed by atoms with Gasteiger partial charge in [-0.2, -0.15) is 0 Å². The molecule has 0 spiro atoms. The topological polar surface area (TPSA) is 84.1 Å². The molecule has 6 nitrogen and oxygen atoms in total. The molecule has 2 aromatic rings. The number of carbonyl (C=O) groups is 1. The van der Waals surface area contributed by atoms with Gasteiger partial charge in [0, 0.05) is 24.0 Å². The summed E-state index contributed by atoms with van der Waals surface area (Å²) in [6.45, 7) is 3.85. The third-order valence-corrected chi connectivity index (χ3v) is 3.99. The van der Waals surface area contributed by atoms with Crippen molar-refractivity contribution in [3.63, 3.8) is 0 Å². The molecule has 0 bridgehead atoms. The van der Waals surface area contributed by atoms with Crippen molar-refractivity contribution in [2.45, 2.75) is 45.3 Å². The molecule has 2 aromatic heterocycles. The Morgan fingerprint density at radius 3 is 2.88 bits per heavy atom. The number of ether oxygens (including phenoxy) is 1. The number of hydrogen-bond donors (Lipinski definition) is 2. The van der Waals surface area contributed by atoms with E-state index in [1.807, 2.05) is 13.8 Å². The van der Waals surface area contributed by atoms with Crippen LogP contribution in [0, 0.1) is 0 Å². The predicted octanol–water partition coefficient (Wildman–Crippen LogP) is 2.36. The quantitative estimate of drug-likeness (QED) is 0.903. The number of aromatic nitrogens is 2. The number of carbonyl (C=O) groups excluding carboxylic acids is 1. The first-order valence-electron chi connectivity index (χ1n) is 8.18. The summed E-state index contributed by atoms with van der Waals surface area (Å²) in [6, 6.07) is 6.61. The maximum absolute atomic E-state index is 12.5. The van der Waals surface area contributed by atoms with Gasteiger partial charge in [0.05, 0.1) is 17.7 Å². The van der Waals surface area contributed by atoms with Crippen molar-refractivity contribution in [3.05, 3.63) is 57.6 Å². The first kappa shape index (κ1) is 16.2. The third-order valence-electron chi connectivity index (χ3n) is 3.99. The van der Waals surface area contributed by atoms with Gasteiger partial charge in [-0.15, -0.1) is 0 Å². The molecule has 1 unspecified atom stereocenters. The largest absolute Gasteiger partial charge is 0.475 e. The van der Waals surface area contributed by atoms with Crippen molar-refractivity contribution in [2.24, 2.45) is 0 Å². The van der Waals surface area contributed by atoms with Crippen molar-refractivity contribution in [1.82, 2.24) is 15.3 Å². The molecule has 1 atom stereocenters. The molecule has 0 saturated carbocycles. The fourth-order valence-corrected chi connectivity index (χ4v) is 2.92. The second-order valence-corrected chi connectivity index (χ2v) is 6.23. The Bertz CT molecular complexity index is 781. The summed E-state index contributed by atoms with van der Waals surface area (Å²) in [7, 11) is 0. The summed E-state index contributed by atoms with van der Waals surface area (Å²) in [4.78, 5) is 30.9. The molecule has 1 aliphatic rings. The van der Waals surface area contributed by atoms with Crippen molar-refractivity contribution < 1.29 is 9.53 Å². The minimum atomic E-state index is -0.178. The minimum Gasteiger partial charge on any atom is -0.475 e. The Morgan fingerprint density at radius 2 is 2.17 bits per heavy atom. The molecule has 0 saturated heterocycles. The third kappa shape index (κ3) is 3.64. The van der Waals surface area contributed by atoms with Gasteiger partial charge >= 0.3 is 0 Å². The fraction of sp³-hybridized carbons (Fsp3) is 0.389. The van der Waals surface area contributed by atoms with Crippen LogP contribution in [-0.2, 0) is 6.42 Å². The van der Waals surface area contributed by atoms with Crippen LogP contribution in [0.4, 0.5) is 0 Å². The number of hydrogen-bond acceptors (Lipinski definition) is 4. The van der Waals surface area contributed by atoms with Gasteiger partial charge < -0.3 is 15.0 Å². The Balaban J connectivity index is 1.73. The van der Waals surface area contributed by atoms with Gasteiger partial charge in [-0.3, -0.25) is 9.59 Å². The van der Waals surface area contributed by atoms with Crippen LogP contribution in [0.1, 0.15) is 54.3 Å². The predicted molar refractivity (Wildman–Crippen MR) is 90.2 cm³/mol. The SMILES string of the molecule is CC(C)Oc1ccc(C(=O)NC2CCCc3[nH]c(=O)ccc32)cn1. The summed E-state index contributed by atoms with van der Waals surface area (Å²) in [5, 5.41) is 3.03. The monoisotopic (exact) mass is 327 g/mol. The number of aryl methyl sites for hydroxylation is 1. The van der Waals surface area contributed by atoms with Crippen LogP contribution in [0.5, 0.6) is 5.88 Å². The lowest BCUT2D eigenvalue weighted by molar-refractivity contribution is 0.0932. The Morgan fingerprint density at radius 1 is 1.33 bits per heavy atom. The molecule has 2 heterocycles. The van der Waals surface area contributed by atoms with E-state index in [4.69, 9.17) is 4.74 Å². The van der Waals surface area contributed by atoms with E-state index in [2.05, 4.69) is 15.3 Å². The number of nitrogens with one attached hydrogen (secondary N) is 2. The van der Waals surface area contributed by atoms with Gasteiger partial charge in [0.25, 0.3) is 5.91 Å². The van der Waals surface area contributed by atoms with Crippen LogP contribution < -0.4 is 15.6 Å². The zero-order chi connectivity index (χ0) is 17.1. The Kier molecular flexibility index (Phi) is 4.64. The molecular weight excluding hydrogens is 306 g/mol.